The van der Waals surface area contributed by atoms with E-state index in [2.05, 4.69) is 17.2 Å². The van der Waals surface area contributed by atoms with Gasteiger partial charge in [0.25, 0.3) is 5.91 Å². The lowest BCUT2D eigenvalue weighted by atomic mass is 9.83. The minimum absolute atomic E-state index is 0.208. The van der Waals surface area contributed by atoms with Gasteiger partial charge >= 0.3 is 0 Å². The number of Topliss-reactive ketones (excluding diaryl/α,β-unsaturated/α-hetero) is 1. The summed E-state index contributed by atoms with van der Waals surface area (Å²) in [4.78, 5) is 50.3. The van der Waals surface area contributed by atoms with Crippen molar-refractivity contribution in [2.45, 2.75) is 76.4 Å². The van der Waals surface area contributed by atoms with Crippen LogP contribution in [0.5, 0.6) is 0 Å². The molecule has 1 atom stereocenters. The number of hydrogen-bond donors (Lipinski definition) is 2. The highest BCUT2D eigenvalue weighted by atomic mass is 16.2. The molecule has 2 heterocycles. The van der Waals surface area contributed by atoms with Crippen molar-refractivity contribution < 1.29 is 19.2 Å². The lowest BCUT2D eigenvalue weighted by molar-refractivity contribution is -0.137. The van der Waals surface area contributed by atoms with E-state index in [1.165, 1.54) is 4.90 Å². The van der Waals surface area contributed by atoms with Crippen LogP contribution in [0.15, 0.2) is 18.2 Å². The fourth-order valence-corrected chi connectivity index (χ4v) is 4.88. The summed E-state index contributed by atoms with van der Waals surface area (Å²) in [6, 6.07) is 5.04. The lowest BCUT2D eigenvalue weighted by Gasteiger charge is -2.29. The van der Waals surface area contributed by atoms with E-state index in [1.54, 1.807) is 12.1 Å². The number of rotatable bonds is 5. The van der Waals surface area contributed by atoms with Crippen LogP contribution < -0.4 is 11.1 Å². The molecule has 0 spiro atoms. The molecule has 32 heavy (non-hydrogen) atoms. The first-order valence-corrected chi connectivity index (χ1v) is 11.4. The third-order valence-electron chi connectivity index (χ3n) is 6.74. The van der Waals surface area contributed by atoms with Gasteiger partial charge in [-0.2, -0.15) is 0 Å². The molecule has 0 aromatic heterocycles. The number of ketones is 1. The van der Waals surface area contributed by atoms with E-state index >= 15 is 0 Å². The quantitative estimate of drug-likeness (QED) is 0.543. The Hall–Kier alpha value is -2.98. The summed E-state index contributed by atoms with van der Waals surface area (Å²) < 4.78 is 0. The topological polar surface area (TPSA) is 110 Å². The van der Waals surface area contributed by atoms with Crippen LogP contribution in [0.1, 0.15) is 79.3 Å². The Labute approximate surface area is 188 Å². The van der Waals surface area contributed by atoms with Gasteiger partial charge in [0.2, 0.25) is 11.8 Å². The van der Waals surface area contributed by atoms with Crippen LogP contribution >= 0.6 is 0 Å². The molecule has 7 nitrogen and oxygen atoms in total. The molecule has 1 saturated heterocycles. The van der Waals surface area contributed by atoms with Gasteiger partial charge in [0.05, 0.1) is 0 Å². The largest absolute Gasteiger partial charge is 0.328 e. The van der Waals surface area contributed by atoms with E-state index < -0.39 is 11.9 Å². The maximum Gasteiger partial charge on any atom is 0.255 e. The number of nitrogens with zero attached hydrogens (tertiary/aromatic N) is 1. The fourth-order valence-electron chi connectivity index (χ4n) is 4.88. The molecule has 4 rings (SSSR count). The summed E-state index contributed by atoms with van der Waals surface area (Å²) in [6.07, 6.45) is 6.18. The minimum atomic E-state index is -0.639. The molecular weight excluding hydrogens is 406 g/mol. The highest BCUT2D eigenvalue weighted by Gasteiger charge is 2.39. The number of nitrogens with one attached hydrogen (secondary N) is 1. The van der Waals surface area contributed by atoms with Crippen LogP contribution in [-0.4, -0.2) is 40.5 Å². The van der Waals surface area contributed by atoms with E-state index in [4.69, 9.17) is 5.73 Å². The smallest absolute Gasteiger partial charge is 0.255 e. The fraction of sp³-hybridized carbons (Fsp3) is 0.520. The van der Waals surface area contributed by atoms with Gasteiger partial charge in [-0.25, -0.2) is 0 Å². The molecule has 0 radical (unpaired) electrons. The van der Waals surface area contributed by atoms with Crippen LogP contribution in [0.3, 0.4) is 0 Å². The minimum Gasteiger partial charge on any atom is -0.328 e. The number of fused-ring (bicyclic) bond motifs is 1. The molecule has 3 aliphatic rings. The Morgan fingerprint density at radius 1 is 1.12 bits per heavy atom. The SMILES string of the molecule is NC1CCC(CC(=O)CCC#Cc2cccc3c2CN(C2CCC(=O)NC2=O)C3=O)CC1. The van der Waals surface area contributed by atoms with Gasteiger partial charge in [-0.1, -0.05) is 17.9 Å². The van der Waals surface area contributed by atoms with Crippen molar-refractivity contribution in [3.63, 3.8) is 0 Å². The summed E-state index contributed by atoms with van der Waals surface area (Å²) in [5.41, 5.74) is 8.03. The van der Waals surface area contributed by atoms with Crippen molar-refractivity contribution in [1.29, 1.82) is 0 Å². The molecule has 168 valence electrons. The molecule has 7 heteroatoms. The van der Waals surface area contributed by atoms with Gasteiger partial charge in [0.1, 0.15) is 11.8 Å². The van der Waals surface area contributed by atoms with Gasteiger partial charge in [0.15, 0.2) is 0 Å². The molecule has 1 aromatic carbocycles. The molecule has 3 N–H and O–H groups in total. The molecule has 1 unspecified atom stereocenters. The second-order valence-corrected chi connectivity index (χ2v) is 9.06. The van der Waals surface area contributed by atoms with Crippen molar-refractivity contribution in [1.82, 2.24) is 10.2 Å². The predicted molar refractivity (Wildman–Crippen MR) is 118 cm³/mol. The summed E-state index contributed by atoms with van der Waals surface area (Å²) in [5, 5.41) is 2.31. The highest BCUT2D eigenvalue weighted by molar-refractivity contribution is 6.05. The van der Waals surface area contributed by atoms with Crippen molar-refractivity contribution in [2.75, 3.05) is 0 Å². The zero-order valence-electron chi connectivity index (χ0n) is 18.2. The van der Waals surface area contributed by atoms with Crippen LogP contribution in [-0.2, 0) is 20.9 Å². The number of piperidine rings is 1. The zero-order valence-corrected chi connectivity index (χ0v) is 18.2. The summed E-state index contributed by atoms with van der Waals surface area (Å²) in [7, 11) is 0. The van der Waals surface area contributed by atoms with Crippen molar-refractivity contribution in [3.8, 4) is 11.8 Å². The third kappa shape index (κ3) is 4.91. The molecule has 1 aliphatic carbocycles. The molecule has 3 amide bonds. The summed E-state index contributed by atoms with van der Waals surface area (Å²) in [6.45, 7) is 0.300. The molecule has 2 aliphatic heterocycles. The summed E-state index contributed by atoms with van der Waals surface area (Å²) >= 11 is 0. The Balaban J connectivity index is 1.35. The van der Waals surface area contributed by atoms with Gasteiger partial charge in [0, 0.05) is 49.4 Å². The maximum atomic E-state index is 12.9. The molecule has 1 aromatic rings. The van der Waals surface area contributed by atoms with Gasteiger partial charge < -0.3 is 10.6 Å². The van der Waals surface area contributed by atoms with Crippen molar-refractivity contribution >= 4 is 23.5 Å². The molecular formula is C25H29N3O4. The van der Waals surface area contributed by atoms with E-state index in [1.807, 2.05) is 6.07 Å². The Morgan fingerprint density at radius 3 is 2.66 bits per heavy atom. The second kappa shape index (κ2) is 9.66. The Kier molecular flexibility index (Phi) is 6.71. The first-order valence-electron chi connectivity index (χ1n) is 11.4. The van der Waals surface area contributed by atoms with Crippen molar-refractivity contribution in [3.05, 3.63) is 34.9 Å². The number of carbonyl (C=O) groups is 4. The number of hydrogen-bond acceptors (Lipinski definition) is 5. The lowest BCUT2D eigenvalue weighted by Crippen LogP contribution is -2.52. The molecule has 1 saturated carbocycles. The van der Waals surface area contributed by atoms with E-state index in [9.17, 15) is 19.2 Å². The third-order valence-corrected chi connectivity index (χ3v) is 6.74. The van der Waals surface area contributed by atoms with Crippen LogP contribution in [0.4, 0.5) is 0 Å². The first kappa shape index (κ1) is 22.2. The second-order valence-electron chi connectivity index (χ2n) is 9.06. The number of imide groups is 1. The number of benzene rings is 1. The van der Waals surface area contributed by atoms with Gasteiger partial charge in [-0.15, -0.1) is 0 Å². The van der Waals surface area contributed by atoms with Crippen molar-refractivity contribution in [2.24, 2.45) is 11.7 Å². The maximum absolute atomic E-state index is 12.9. The number of carbonyl (C=O) groups excluding carboxylic acids is 4. The zero-order chi connectivity index (χ0) is 22.7. The van der Waals surface area contributed by atoms with Crippen LogP contribution in [0.25, 0.3) is 0 Å². The standard InChI is InChI=1S/C25H29N3O4/c26-18-10-8-16(9-11-18)14-19(29)6-2-1-4-17-5-3-7-20-21(17)15-28(25(20)32)22-12-13-23(30)27-24(22)31/h3,5,7,16,18,22H,2,6,8-15,26H2,(H,27,30,31). The Bertz CT molecular complexity index is 998. The molecule has 0 bridgehead atoms. The predicted octanol–water partition coefficient (Wildman–Crippen LogP) is 2.06. The normalized spacial score (nSPS) is 25.1. The highest BCUT2D eigenvalue weighted by Crippen LogP contribution is 2.30. The van der Waals surface area contributed by atoms with E-state index in [0.29, 0.717) is 43.7 Å². The van der Waals surface area contributed by atoms with E-state index in [0.717, 1.165) is 36.8 Å². The van der Waals surface area contributed by atoms with Crippen LogP contribution in [0.2, 0.25) is 0 Å². The Morgan fingerprint density at radius 2 is 1.91 bits per heavy atom. The number of nitrogens with two attached hydrogens (primary N) is 1. The first-order chi connectivity index (χ1) is 15.4. The van der Waals surface area contributed by atoms with Crippen LogP contribution in [0, 0.1) is 17.8 Å². The average molecular weight is 436 g/mol. The van der Waals surface area contributed by atoms with Gasteiger partial charge in [-0.3, -0.25) is 24.5 Å². The van der Waals surface area contributed by atoms with Gasteiger partial charge in [-0.05, 0) is 55.7 Å². The van der Waals surface area contributed by atoms with E-state index in [-0.39, 0.29) is 30.1 Å². The summed E-state index contributed by atoms with van der Waals surface area (Å²) in [5.74, 6) is 5.98. The average Bonchev–Trinajstić information content (AvgIpc) is 3.10. The molecule has 2 fully saturated rings. The number of amides is 3. The monoisotopic (exact) mass is 435 g/mol.